The van der Waals surface area contributed by atoms with Crippen molar-refractivity contribution in [1.82, 2.24) is 10.3 Å². The third-order valence-electron chi connectivity index (χ3n) is 6.32. The highest BCUT2D eigenvalue weighted by atomic mass is 35.5. The fraction of sp³-hybridized carbons (Fsp3) is 0.281. The molecular weight excluding hydrogens is 572 g/mol. The molecule has 3 N–H and O–H groups in total. The van der Waals surface area contributed by atoms with Crippen LogP contribution < -0.4 is 29.6 Å². The lowest BCUT2D eigenvalue weighted by atomic mass is 10.1. The average Bonchev–Trinajstić information content (AvgIpc) is 3.01. The van der Waals surface area contributed by atoms with Gasteiger partial charge < -0.3 is 34.7 Å². The van der Waals surface area contributed by atoms with Crippen LogP contribution in [0.3, 0.4) is 0 Å². The molecule has 10 nitrogen and oxygen atoms in total. The Bertz CT molecular complexity index is 1600. The fourth-order valence-electron chi connectivity index (χ4n) is 4.13. The molecule has 224 valence electrons. The maximum Gasteiger partial charge on any atom is 0.263 e. The van der Waals surface area contributed by atoms with Gasteiger partial charge in [-0.15, -0.1) is 11.6 Å². The fourth-order valence-corrected chi connectivity index (χ4v) is 4.24. The van der Waals surface area contributed by atoms with Gasteiger partial charge in [0.15, 0.2) is 28.6 Å². The average molecular weight is 605 g/mol. The number of hydrogen-bond donors (Lipinski definition) is 3. The summed E-state index contributed by atoms with van der Waals surface area (Å²) < 4.78 is 23.5. The van der Waals surface area contributed by atoms with Crippen molar-refractivity contribution < 1.29 is 28.8 Å². The summed E-state index contributed by atoms with van der Waals surface area (Å²) in [5.74, 6) is 2.53. The van der Waals surface area contributed by atoms with Crippen LogP contribution in [0.25, 0.3) is 10.9 Å². The van der Waals surface area contributed by atoms with Crippen LogP contribution in [-0.4, -0.2) is 54.3 Å². The molecule has 0 aliphatic heterocycles. The number of halogens is 1. The van der Waals surface area contributed by atoms with Crippen molar-refractivity contribution >= 4 is 39.8 Å². The number of carbonyl (C=O) groups is 1. The van der Waals surface area contributed by atoms with E-state index >= 15 is 0 Å². The maximum absolute atomic E-state index is 12.5. The van der Waals surface area contributed by atoms with Crippen molar-refractivity contribution in [2.24, 2.45) is 0 Å². The maximum atomic E-state index is 12.5. The number of aliphatic hydroxyl groups excluding tert-OH is 1. The second-order valence-electron chi connectivity index (χ2n) is 9.86. The molecule has 0 spiro atoms. The minimum absolute atomic E-state index is 0.132. The Kier molecular flexibility index (Phi) is 10.5. The number of anilines is 2. The van der Waals surface area contributed by atoms with Crippen LogP contribution in [0.2, 0.25) is 0 Å². The number of nitrogens with one attached hydrogen (secondary N) is 2. The number of aromatic nitrogens is 1. The summed E-state index contributed by atoms with van der Waals surface area (Å²) in [5.41, 5.74) is 1.08. The molecule has 1 aromatic heterocycles. The predicted octanol–water partition coefficient (Wildman–Crippen LogP) is 5.92. The molecule has 4 rings (SSSR count). The number of hydrogen-bond acceptors (Lipinski definition) is 9. The Balaban J connectivity index is 1.55. The molecule has 0 unspecified atom stereocenters. The summed E-state index contributed by atoms with van der Waals surface area (Å²) in [7, 11) is 1.55. The third kappa shape index (κ3) is 7.77. The van der Waals surface area contributed by atoms with Crippen molar-refractivity contribution in [3.63, 3.8) is 0 Å². The van der Waals surface area contributed by atoms with Crippen LogP contribution in [0.5, 0.6) is 28.7 Å². The van der Waals surface area contributed by atoms with E-state index in [1.54, 1.807) is 69.5 Å². The second kappa shape index (κ2) is 14.4. The lowest BCUT2D eigenvalue weighted by Gasteiger charge is -2.26. The first kappa shape index (κ1) is 31.2. The summed E-state index contributed by atoms with van der Waals surface area (Å²) >= 11 is 5.78. The van der Waals surface area contributed by atoms with Crippen LogP contribution in [0.1, 0.15) is 25.8 Å². The number of alkyl halides is 1. The van der Waals surface area contributed by atoms with Gasteiger partial charge in [-0.2, -0.15) is 5.26 Å². The summed E-state index contributed by atoms with van der Waals surface area (Å²) in [6.45, 7) is 3.69. The zero-order chi connectivity index (χ0) is 30.8. The van der Waals surface area contributed by atoms with E-state index in [4.69, 9.17) is 35.7 Å². The van der Waals surface area contributed by atoms with E-state index in [9.17, 15) is 10.1 Å². The molecule has 4 aromatic rings. The highest BCUT2D eigenvalue weighted by Crippen LogP contribution is 2.38. The predicted molar refractivity (Wildman–Crippen MR) is 165 cm³/mol. The van der Waals surface area contributed by atoms with E-state index in [1.165, 1.54) is 6.20 Å². The molecule has 43 heavy (non-hydrogen) atoms. The van der Waals surface area contributed by atoms with E-state index in [0.717, 1.165) is 0 Å². The summed E-state index contributed by atoms with van der Waals surface area (Å²) in [6.07, 6.45) is 2.20. The van der Waals surface area contributed by atoms with Crippen molar-refractivity contribution in [3.05, 3.63) is 72.4 Å². The third-order valence-corrected chi connectivity index (χ3v) is 6.59. The molecular formula is C32H33ClN4O6. The molecule has 0 radical (unpaired) electrons. The van der Waals surface area contributed by atoms with Gasteiger partial charge in [0.1, 0.15) is 11.8 Å². The number of aliphatic hydroxyl groups is 1. The lowest BCUT2D eigenvalue weighted by Crippen LogP contribution is -2.47. The van der Waals surface area contributed by atoms with Gasteiger partial charge in [0.25, 0.3) is 5.91 Å². The van der Waals surface area contributed by atoms with Gasteiger partial charge in [-0.25, -0.2) is 0 Å². The molecule has 1 amide bonds. The number of rotatable bonds is 14. The van der Waals surface area contributed by atoms with Gasteiger partial charge >= 0.3 is 0 Å². The van der Waals surface area contributed by atoms with Gasteiger partial charge in [-0.1, -0.05) is 12.1 Å². The van der Waals surface area contributed by atoms with Gasteiger partial charge in [-0.05, 0) is 62.7 Å². The first-order valence-electron chi connectivity index (χ1n) is 13.6. The number of pyridine rings is 1. The van der Waals surface area contributed by atoms with Gasteiger partial charge in [0.2, 0.25) is 0 Å². The van der Waals surface area contributed by atoms with E-state index in [2.05, 4.69) is 21.7 Å². The van der Waals surface area contributed by atoms with Crippen LogP contribution >= 0.6 is 11.6 Å². The summed E-state index contributed by atoms with van der Waals surface area (Å²) in [4.78, 5) is 16.9. The van der Waals surface area contributed by atoms with Crippen molar-refractivity contribution in [3.8, 4) is 34.8 Å². The van der Waals surface area contributed by atoms with Crippen LogP contribution in [0, 0.1) is 11.3 Å². The smallest absolute Gasteiger partial charge is 0.263 e. The Hall–Kier alpha value is -4.72. The highest BCUT2D eigenvalue weighted by Gasteiger charge is 2.30. The van der Waals surface area contributed by atoms with Gasteiger partial charge in [0.05, 0.1) is 37.1 Å². The monoisotopic (exact) mass is 604 g/mol. The largest absolute Gasteiger partial charge is 0.493 e. The number of nitrogens with zero attached hydrogens (tertiary/aromatic N) is 2. The Morgan fingerprint density at radius 2 is 1.81 bits per heavy atom. The van der Waals surface area contributed by atoms with E-state index in [0.29, 0.717) is 75.5 Å². The number of amides is 1. The molecule has 3 aromatic carbocycles. The molecule has 0 saturated heterocycles. The second-order valence-corrected chi connectivity index (χ2v) is 10.2. The minimum Gasteiger partial charge on any atom is -0.493 e. The molecule has 0 atom stereocenters. The molecule has 0 fully saturated rings. The number of nitriles is 1. The lowest BCUT2D eigenvalue weighted by molar-refractivity contribution is -0.134. The van der Waals surface area contributed by atoms with Crippen LogP contribution in [0.15, 0.2) is 66.9 Å². The number of para-hydroxylation sites is 2. The van der Waals surface area contributed by atoms with Crippen LogP contribution in [0.4, 0.5) is 11.4 Å². The number of ether oxygens (including phenoxy) is 4. The van der Waals surface area contributed by atoms with Crippen LogP contribution in [-0.2, 0) is 4.79 Å². The van der Waals surface area contributed by atoms with E-state index < -0.39 is 5.60 Å². The first-order chi connectivity index (χ1) is 20.8. The molecule has 0 aliphatic carbocycles. The number of benzene rings is 3. The zero-order valence-electron chi connectivity index (χ0n) is 24.1. The normalized spacial score (nSPS) is 11.0. The molecule has 0 bridgehead atoms. The van der Waals surface area contributed by atoms with Gasteiger partial charge in [0, 0.05) is 35.8 Å². The zero-order valence-corrected chi connectivity index (χ0v) is 24.9. The van der Waals surface area contributed by atoms with Crippen molar-refractivity contribution in [2.45, 2.75) is 25.9 Å². The minimum atomic E-state index is -1.20. The quantitative estimate of drug-likeness (QED) is 0.118. The first-order valence-corrected chi connectivity index (χ1v) is 14.1. The Morgan fingerprint density at radius 3 is 2.49 bits per heavy atom. The molecule has 0 saturated carbocycles. The Labute approximate surface area is 255 Å². The highest BCUT2D eigenvalue weighted by molar-refractivity contribution is 6.17. The number of methoxy groups -OCH3 is 1. The standard InChI is InChI=1S/C32H33ClN4O6/c1-32(2,31(39)35-14-15-38)43-27-8-5-4-7-26(27)42-23-11-9-22(10-12-23)37-30-21(19-34)20-36-25-18-29(41-16-6-13-33)28(40-3)17-24(25)30/h4-5,7-12,17-18,20,38H,6,13-16H2,1-3H3,(H,35,39)(H,36,37). The molecule has 0 aliphatic rings. The van der Waals surface area contributed by atoms with E-state index in [-0.39, 0.29) is 19.1 Å². The Morgan fingerprint density at radius 1 is 1.07 bits per heavy atom. The van der Waals surface area contributed by atoms with Crippen molar-refractivity contribution in [2.75, 3.05) is 38.1 Å². The SMILES string of the molecule is COc1cc2c(Nc3ccc(Oc4ccccc4OC(C)(C)C(=O)NCCO)cc3)c(C#N)cnc2cc1OCCCCl. The summed E-state index contributed by atoms with van der Waals surface area (Å²) in [5, 5.41) is 25.5. The molecule has 1 heterocycles. The number of fused-ring (bicyclic) bond motifs is 1. The van der Waals surface area contributed by atoms with Crippen molar-refractivity contribution in [1.29, 1.82) is 5.26 Å². The van der Waals surface area contributed by atoms with E-state index in [1.807, 2.05) is 12.1 Å². The molecule has 11 heteroatoms. The summed E-state index contributed by atoms with van der Waals surface area (Å²) in [6, 6.07) is 20.0. The topological polar surface area (TPSA) is 135 Å². The number of carbonyl (C=O) groups excluding carboxylic acids is 1. The van der Waals surface area contributed by atoms with Gasteiger partial charge in [-0.3, -0.25) is 9.78 Å².